The Morgan fingerprint density at radius 3 is 2.44 bits per heavy atom. The molecule has 0 spiro atoms. The van der Waals surface area contributed by atoms with Crippen LogP contribution >= 0.6 is 0 Å². The third-order valence-corrected chi connectivity index (χ3v) is 5.70. The van der Waals surface area contributed by atoms with Gasteiger partial charge in [-0.15, -0.1) is 0 Å². The topological polar surface area (TPSA) is 63.2 Å². The molecular weight excluding hydrogens is 348 g/mol. The molecule has 134 valence electrons. The molecule has 1 atom stereocenters. The van der Waals surface area contributed by atoms with Gasteiger partial charge in [0.15, 0.2) is 21.5 Å². The second kappa shape index (κ2) is 7.74. The molecule has 0 saturated heterocycles. The van der Waals surface area contributed by atoms with Crippen LogP contribution in [-0.2, 0) is 9.84 Å². The molecule has 0 aromatic heterocycles. The van der Waals surface area contributed by atoms with Crippen LogP contribution in [0.25, 0.3) is 0 Å². The summed E-state index contributed by atoms with van der Waals surface area (Å²) in [6.45, 7) is 3.35. The first kappa shape index (κ1) is 19.1. The van der Waals surface area contributed by atoms with E-state index in [0.29, 0.717) is 12.0 Å². The van der Waals surface area contributed by atoms with E-state index in [2.05, 4.69) is 5.32 Å². The normalized spacial score (nSPS) is 12.6. The molecular formula is C18H19F2NO3S. The van der Waals surface area contributed by atoms with Crippen LogP contribution in [0, 0.1) is 11.6 Å². The molecule has 1 N–H and O–H groups in total. The Hall–Kier alpha value is -2.28. The predicted molar refractivity (Wildman–Crippen MR) is 91.0 cm³/mol. The van der Waals surface area contributed by atoms with Gasteiger partial charge < -0.3 is 5.32 Å². The van der Waals surface area contributed by atoms with Crippen molar-refractivity contribution < 1.29 is 22.0 Å². The Kier molecular flexibility index (Phi) is 5.89. The number of hydrogen-bond acceptors (Lipinski definition) is 3. The Balaban J connectivity index is 2.28. The van der Waals surface area contributed by atoms with Crippen molar-refractivity contribution in [1.82, 2.24) is 5.32 Å². The fourth-order valence-electron chi connectivity index (χ4n) is 2.44. The first-order valence-corrected chi connectivity index (χ1v) is 9.49. The van der Waals surface area contributed by atoms with E-state index >= 15 is 0 Å². The molecule has 7 heteroatoms. The molecule has 4 nitrogen and oxygen atoms in total. The highest BCUT2D eigenvalue weighted by Crippen LogP contribution is 2.20. The molecule has 0 aliphatic rings. The van der Waals surface area contributed by atoms with E-state index in [0.717, 1.165) is 12.1 Å². The lowest BCUT2D eigenvalue weighted by molar-refractivity contribution is 0.0936. The van der Waals surface area contributed by atoms with Gasteiger partial charge in [-0.25, -0.2) is 17.2 Å². The largest absolute Gasteiger partial charge is 0.345 e. The minimum absolute atomic E-state index is 0.0328. The SMILES string of the molecule is CCCS(=O)(=O)c1ccccc1C(=O)NC(C)c1ccc(F)c(F)c1. The van der Waals surface area contributed by atoms with Crippen molar-refractivity contribution in [2.24, 2.45) is 0 Å². The van der Waals surface area contributed by atoms with E-state index in [1.54, 1.807) is 26.0 Å². The number of nitrogens with one attached hydrogen (secondary N) is 1. The van der Waals surface area contributed by atoms with Gasteiger partial charge in [0.1, 0.15) is 0 Å². The molecule has 0 aliphatic carbocycles. The molecule has 0 fully saturated rings. The van der Waals surface area contributed by atoms with Gasteiger partial charge in [-0.05, 0) is 43.2 Å². The Bertz CT molecular complexity index is 882. The molecule has 1 unspecified atom stereocenters. The van der Waals surface area contributed by atoms with Crippen LogP contribution in [0.1, 0.15) is 42.2 Å². The first-order chi connectivity index (χ1) is 11.8. The van der Waals surface area contributed by atoms with Crippen LogP contribution in [-0.4, -0.2) is 20.1 Å². The summed E-state index contributed by atoms with van der Waals surface area (Å²) in [7, 11) is -3.57. The van der Waals surface area contributed by atoms with Crippen LogP contribution in [0.3, 0.4) is 0 Å². The molecule has 2 aromatic rings. The minimum atomic E-state index is -3.57. The van der Waals surface area contributed by atoms with Crippen molar-refractivity contribution in [1.29, 1.82) is 0 Å². The van der Waals surface area contributed by atoms with Crippen LogP contribution in [0.5, 0.6) is 0 Å². The lowest BCUT2D eigenvalue weighted by atomic mass is 10.1. The second-order valence-electron chi connectivity index (χ2n) is 5.68. The molecule has 25 heavy (non-hydrogen) atoms. The minimum Gasteiger partial charge on any atom is -0.345 e. The van der Waals surface area contributed by atoms with Gasteiger partial charge in [-0.1, -0.05) is 25.1 Å². The zero-order valence-electron chi connectivity index (χ0n) is 13.9. The quantitative estimate of drug-likeness (QED) is 0.848. The van der Waals surface area contributed by atoms with Gasteiger partial charge >= 0.3 is 0 Å². The summed E-state index contributed by atoms with van der Waals surface area (Å²) in [5.74, 6) is -2.63. The lowest BCUT2D eigenvalue weighted by Crippen LogP contribution is -2.28. The highest BCUT2D eigenvalue weighted by molar-refractivity contribution is 7.91. The van der Waals surface area contributed by atoms with E-state index in [4.69, 9.17) is 0 Å². The van der Waals surface area contributed by atoms with Gasteiger partial charge in [0, 0.05) is 0 Å². The third-order valence-electron chi connectivity index (χ3n) is 3.73. The Morgan fingerprint density at radius 1 is 1.12 bits per heavy atom. The number of rotatable bonds is 6. The van der Waals surface area contributed by atoms with Crippen molar-refractivity contribution in [3.8, 4) is 0 Å². The monoisotopic (exact) mass is 367 g/mol. The summed E-state index contributed by atoms with van der Waals surface area (Å²) in [5, 5.41) is 2.62. The van der Waals surface area contributed by atoms with Gasteiger partial charge in [-0.3, -0.25) is 4.79 Å². The molecule has 0 radical (unpaired) electrons. The van der Waals surface area contributed by atoms with Gasteiger partial charge in [-0.2, -0.15) is 0 Å². The predicted octanol–water partition coefficient (Wildman–Crippen LogP) is 3.64. The number of halogens is 2. The van der Waals surface area contributed by atoms with Crippen LogP contribution in [0.4, 0.5) is 8.78 Å². The molecule has 1 amide bonds. The van der Waals surface area contributed by atoms with Crippen LogP contribution in [0.2, 0.25) is 0 Å². The molecule has 0 bridgehead atoms. The highest BCUT2D eigenvalue weighted by Gasteiger charge is 2.22. The standard InChI is InChI=1S/C18H19F2NO3S/c1-3-10-25(23,24)17-7-5-4-6-14(17)18(22)21-12(2)13-8-9-15(19)16(20)11-13/h4-9,11-12H,3,10H2,1-2H3,(H,21,22). The van der Waals surface area contributed by atoms with Gasteiger partial charge in [0.05, 0.1) is 22.3 Å². The van der Waals surface area contributed by atoms with Gasteiger partial charge in [0.2, 0.25) is 0 Å². The summed E-state index contributed by atoms with van der Waals surface area (Å²) in [6.07, 6.45) is 0.434. The number of amides is 1. The fraction of sp³-hybridized carbons (Fsp3) is 0.278. The summed E-state index contributed by atoms with van der Waals surface area (Å²) >= 11 is 0. The van der Waals surface area contributed by atoms with Crippen molar-refractivity contribution in [2.75, 3.05) is 5.75 Å². The average Bonchev–Trinajstić information content (AvgIpc) is 2.57. The number of hydrogen-bond donors (Lipinski definition) is 1. The van der Waals surface area contributed by atoms with Crippen molar-refractivity contribution >= 4 is 15.7 Å². The maximum absolute atomic E-state index is 13.3. The van der Waals surface area contributed by atoms with Crippen LogP contribution in [0.15, 0.2) is 47.4 Å². The van der Waals surface area contributed by atoms with Crippen molar-refractivity contribution in [3.05, 3.63) is 65.2 Å². The molecule has 2 rings (SSSR count). The number of carbonyl (C=O) groups excluding carboxylic acids is 1. The van der Waals surface area contributed by atoms with Gasteiger partial charge in [0.25, 0.3) is 5.91 Å². The lowest BCUT2D eigenvalue weighted by Gasteiger charge is -2.16. The molecule has 2 aromatic carbocycles. The summed E-state index contributed by atoms with van der Waals surface area (Å²) in [6, 6.07) is 8.67. The zero-order valence-corrected chi connectivity index (χ0v) is 14.7. The van der Waals surface area contributed by atoms with Crippen LogP contribution < -0.4 is 5.32 Å². The van der Waals surface area contributed by atoms with Crippen molar-refractivity contribution in [2.45, 2.75) is 31.2 Å². The van der Waals surface area contributed by atoms with E-state index in [1.807, 2.05) is 0 Å². The van der Waals surface area contributed by atoms with E-state index in [1.165, 1.54) is 18.2 Å². The summed E-state index contributed by atoms with van der Waals surface area (Å²) in [4.78, 5) is 12.5. The third kappa shape index (κ3) is 4.42. The smallest absolute Gasteiger partial charge is 0.253 e. The highest BCUT2D eigenvalue weighted by atomic mass is 32.2. The second-order valence-corrected chi connectivity index (χ2v) is 7.76. The maximum Gasteiger partial charge on any atom is 0.253 e. The number of carbonyl (C=O) groups is 1. The van der Waals surface area contributed by atoms with Crippen molar-refractivity contribution in [3.63, 3.8) is 0 Å². The Morgan fingerprint density at radius 2 is 1.80 bits per heavy atom. The number of sulfone groups is 1. The number of benzene rings is 2. The molecule has 0 heterocycles. The fourth-order valence-corrected chi connectivity index (χ4v) is 3.98. The van der Waals surface area contributed by atoms with E-state index in [-0.39, 0.29) is 16.2 Å². The summed E-state index contributed by atoms with van der Waals surface area (Å²) in [5.41, 5.74) is 0.409. The Labute approximate surface area is 145 Å². The van der Waals surface area contributed by atoms with E-state index < -0.39 is 33.4 Å². The summed E-state index contributed by atoms with van der Waals surface area (Å²) < 4.78 is 51.0. The van der Waals surface area contributed by atoms with E-state index in [9.17, 15) is 22.0 Å². The first-order valence-electron chi connectivity index (χ1n) is 7.84. The molecule has 0 aliphatic heterocycles. The average molecular weight is 367 g/mol. The maximum atomic E-state index is 13.3. The zero-order chi connectivity index (χ0) is 18.6. The molecule has 0 saturated carbocycles.